The first-order valence-electron chi connectivity index (χ1n) is 18.1. The molecule has 8 rings (SSSR count). The molecule has 3 aliphatic heterocycles. The maximum Gasteiger partial charge on any atom is 0.415 e. The summed E-state index contributed by atoms with van der Waals surface area (Å²) in [6, 6.07) is 26.3. The van der Waals surface area contributed by atoms with E-state index in [0.29, 0.717) is 50.7 Å². The van der Waals surface area contributed by atoms with Gasteiger partial charge < -0.3 is 18.9 Å². The van der Waals surface area contributed by atoms with Crippen molar-refractivity contribution < 1.29 is 32.9 Å². The zero-order chi connectivity index (χ0) is 38.5. The third-order valence-corrected chi connectivity index (χ3v) is 11.0. The molecule has 0 N–H and O–H groups in total. The van der Waals surface area contributed by atoms with Crippen molar-refractivity contribution in [2.75, 3.05) is 38.8 Å². The lowest BCUT2D eigenvalue weighted by atomic mass is 9.86. The summed E-state index contributed by atoms with van der Waals surface area (Å²) in [7, 11) is 3.08. The number of methoxy groups -OCH3 is 2. The number of nitrogens with zero attached hydrogens (tertiary/aromatic N) is 3. The minimum atomic E-state index is -0.770. The molecule has 284 valence electrons. The fraction of sp³-hybridized carbons (Fsp3) is 0.279. The number of benzene rings is 4. The molecule has 4 heterocycles. The smallest absolute Gasteiger partial charge is 0.415 e. The minimum absolute atomic E-state index is 0.128. The molecule has 2 bridgehead atoms. The van der Waals surface area contributed by atoms with Gasteiger partial charge >= 0.3 is 12.1 Å². The van der Waals surface area contributed by atoms with Crippen LogP contribution in [0, 0.1) is 11.7 Å². The van der Waals surface area contributed by atoms with Gasteiger partial charge in [0.2, 0.25) is 0 Å². The van der Waals surface area contributed by atoms with Crippen molar-refractivity contribution in [3.63, 3.8) is 0 Å². The molecule has 3 fully saturated rings. The second-order valence-electron chi connectivity index (χ2n) is 13.7. The van der Waals surface area contributed by atoms with E-state index in [2.05, 4.69) is 9.88 Å². The van der Waals surface area contributed by atoms with Gasteiger partial charge in [0.25, 0.3) is 0 Å². The molecular formula is C43H40Cl2FN3O6. The summed E-state index contributed by atoms with van der Waals surface area (Å²) < 4.78 is 38.0. The predicted molar refractivity (Wildman–Crippen MR) is 210 cm³/mol. The topological polar surface area (TPSA) is 90.4 Å². The van der Waals surface area contributed by atoms with Crippen LogP contribution in [-0.4, -0.2) is 61.9 Å². The highest BCUT2D eigenvalue weighted by Crippen LogP contribution is 2.36. The highest BCUT2D eigenvalue weighted by Gasteiger charge is 2.37. The number of anilines is 1. The van der Waals surface area contributed by atoms with Crippen LogP contribution >= 0.6 is 23.2 Å². The number of halogens is 3. The average Bonchev–Trinajstić information content (AvgIpc) is 3.21. The molecular weight excluding hydrogens is 744 g/mol. The second-order valence-corrected chi connectivity index (χ2v) is 14.5. The molecule has 0 saturated carbocycles. The largest absolute Gasteiger partial charge is 0.493 e. The maximum absolute atomic E-state index is 15.0. The number of pyridine rings is 1. The Morgan fingerprint density at radius 2 is 1.53 bits per heavy atom. The van der Waals surface area contributed by atoms with Crippen LogP contribution in [0.3, 0.4) is 0 Å². The predicted octanol–water partition coefficient (Wildman–Crippen LogP) is 9.59. The molecule has 55 heavy (non-hydrogen) atoms. The first kappa shape index (κ1) is 38.1. The van der Waals surface area contributed by atoms with Crippen molar-refractivity contribution >= 4 is 41.0 Å². The first-order chi connectivity index (χ1) is 26.7. The van der Waals surface area contributed by atoms with Gasteiger partial charge in [0.05, 0.1) is 42.1 Å². The third kappa shape index (κ3) is 8.72. The molecule has 4 aromatic carbocycles. The SMILES string of the molecule is COc1ccc([C@H](Cc2c(Cl)cncc2Cl)OC(=O)c2ccc(-c3ccc(CN(C(=O)O[C@H]4CN5CCC4CC5)c4ccccc4F)cc3)cc2)cc1OC. The summed E-state index contributed by atoms with van der Waals surface area (Å²) in [5, 5.41) is 0.711. The van der Waals surface area contributed by atoms with E-state index in [0.717, 1.165) is 42.6 Å². The summed E-state index contributed by atoms with van der Waals surface area (Å²) in [6.45, 7) is 2.88. The van der Waals surface area contributed by atoms with Crippen molar-refractivity contribution in [3.05, 3.63) is 142 Å². The first-order valence-corrected chi connectivity index (χ1v) is 18.8. The summed E-state index contributed by atoms with van der Waals surface area (Å²) in [6.07, 6.45) is 3.64. The number of amides is 1. The van der Waals surface area contributed by atoms with Crippen LogP contribution in [0.25, 0.3) is 11.1 Å². The Kier molecular flexibility index (Phi) is 11.9. The molecule has 0 spiro atoms. The highest BCUT2D eigenvalue weighted by molar-refractivity contribution is 6.35. The van der Waals surface area contributed by atoms with E-state index in [1.807, 2.05) is 36.4 Å². The van der Waals surface area contributed by atoms with Crippen LogP contribution in [0.4, 0.5) is 14.9 Å². The summed E-state index contributed by atoms with van der Waals surface area (Å²) in [5.41, 5.74) is 4.32. The van der Waals surface area contributed by atoms with Crippen molar-refractivity contribution in [2.24, 2.45) is 5.92 Å². The number of fused-ring (bicyclic) bond motifs is 3. The van der Waals surface area contributed by atoms with E-state index in [-0.39, 0.29) is 24.8 Å². The van der Waals surface area contributed by atoms with Gasteiger partial charge in [-0.3, -0.25) is 14.8 Å². The second kappa shape index (κ2) is 17.1. The molecule has 0 aliphatic carbocycles. The number of carbonyl (C=O) groups is 2. The number of carbonyl (C=O) groups excluding carboxylic acids is 2. The van der Waals surface area contributed by atoms with E-state index in [1.165, 1.54) is 30.5 Å². The van der Waals surface area contributed by atoms with Crippen LogP contribution in [0.2, 0.25) is 10.0 Å². The Balaban J connectivity index is 1.06. The van der Waals surface area contributed by atoms with Crippen molar-refractivity contribution in [3.8, 4) is 22.6 Å². The molecule has 3 aliphatic rings. The molecule has 0 unspecified atom stereocenters. The Hall–Kier alpha value is -5.16. The van der Waals surface area contributed by atoms with Crippen LogP contribution in [0.1, 0.15) is 46.0 Å². The average molecular weight is 785 g/mol. The number of para-hydroxylation sites is 1. The number of rotatable bonds is 12. The van der Waals surface area contributed by atoms with E-state index in [4.69, 9.17) is 42.1 Å². The minimum Gasteiger partial charge on any atom is -0.493 e. The van der Waals surface area contributed by atoms with Gasteiger partial charge in [0.1, 0.15) is 18.0 Å². The van der Waals surface area contributed by atoms with Crippen LogP contribution < -0.4 is 14.4 Å². The van der Waals surface area contributed by atoms with Gasteiger partial charge in [0.15, 0.2) is 11.5 Å². The molecule has 1 amide bonds. The van der Waals surface area contributed by atoms with Gasteiger partial charge in [-0.1, -0.05) is 77.8 Å². The number of ether oxygens (including phenoxy) is 4. The van der Waals surface area contributed by atoms with Crippen LogP contribution in [0.5, 0.6) is 11.5 Å². The Bertz CT molecular complexity index is 2120. The normalized spacial score (nSPS) is 17.9. The molecule has 3 saturated heterocycles. The zero-order valence-corrected chi connectivity index (χ0v) is 31.9. The highest BCUT2D eigenvalue weighted by atomic mass is 35.5. The third-order valence-electron chi connectivity index (χ3n) is 10.3. The van der Waals surface area contributed by atoms with Crippen LogP contribution in [0.15, 0.2) is 103 Å². The number of esters is 1. The summed E-state index contributed by atoms with van der Waals surface area (Å²) >= 11 is 12.9. The maximum atomic E-state index is 15.0. The van der Waals surface area contributed by atoms with E-state index >= 15 is 4.39 Å². The van der Waals surface area contributed by atoms with Crippen molar-refractivity contribution in [1.29, 1.82) is 0 Å². The summed E-state index contributed by atoms with van der Waals surface area (Å²) in [4.78, 5) is 34.9. The van der Waals surface area contributed by atoms with E-state index in [9.17, 15) is 9.59 Å². The van der Waals surface area contributed by atoms with Gasteiger partial charge in [-0.05, 0) is 96.1 Å². The number of aromatic nitrogens is 1. The number of hydrogen-bond acceptors (Lipinski definition) is 8. The monoisotopic (exact) mass is 783 g/mol. The molecule has 0 radical (unpaired) electrons. The standard InChI is InChI=1S/C43H40Cl2FN3O6/c1-52-38-16-15-32(21-40(38)53-2)39(22-33-34(44)23-47-24-35(33)45)54-42(50)31-13-11-29(12-14-31)28-9-7-27(8-10-28)25-49(37-6-4-3-5-36(37)46)43(51)55-41-26-48-19-17-30(41)18-20-48/h3-16,21,23-24,30,39,41H,17-20,22,25-26H2,1-2H3/t39-,41-/m0/s1. The van der Waals surface area contributed by atoms with Gasteiger partial charge in [-0.2, -0.15) is 0 Å². The Labute approximate surface area is 329 Å². The quantitative estimate of drug-likeness (QED) is 0.116. The van der Waals surface area contributed by atoms with Gasteiger partial charge in [-0.15, -0.1) is 0 Å². The molecule has 9 nitrogen and oxygen atoms in total. The fourth-order valence-corrected chi connectivity index (χ4v) is 7.76. The van der Waals surface area contributed by atoms with Gasteiger partial charge in [-0.25, -0.2) is 14.0 Å². The van der Waals surface area contributed by atoms with Crippen molar-refractivity contribution in [1.82, 2.24) is 9.88 Å². The number of piperidine rings is 3. The van der Waals surface area contributed by atoms with Crippen molar-refractivity contribution in [2.45, 2.75) is 38.0 Å². The Morgan fingerprint density at radius 3 is 2.15 bits per heavy atom. The van der Waals surface area contributed by atoms with E-state index in [1.54, 1.807) is 55.6 Å². The Morgan fingerprint density at radius 1 is 0.873 bits per heavy atom. The lowest BCUT2D eigenvalue weighted by Crippen LogP contribution is -2.53. The number of hydrogen-bond donors (Lipinski definition) is 0. The molecule has 2 atom stereocenters. The molecule has 1 aromatic heterocycles. The fourth-order valence-electron chi connectivity index (χ4n) is 7.24. The van der Waals surface area contributed by atoms with E-state index < -0.39 is 24.0 Å². The van der Waals surface area contributed by atoms with Gasteiger partial charge in [0, 0.05) is 25.4 Å². The molecule has 12 heteroatoms. The molecule has 5 aromatic rings. The zero-order valence-electron chi connectivity index (χ0n) is 30.4. The lowest BCUT2D eigenvalue weighted by Gasteiger charge is -2.44. The van der Waals surface area contributed by atoms with Crippen LogP contribution in [-0.2, 0) is 22.4 Å². The summed E-state index contributed by atoms with van der Waals surface area (Å²) in [5.74, 6) is 0.301. The lowest BCUT2D eigenvalue weighted by molar-refractivity contribution is -0.0311.